The van der Waals surface area contributed by atoms with Crippen molar-refractivity contribution in [3.8, 4) is 5.75 Å². The van der Waals surface area contributed by atoms with Crippen LogP contribution in [0.25, 0.3) is 0 Å². The van der Waals surface area contributed by atoms with E-state index in [0.29, 0.717) is 23.7 Å². The quantitative estimate of drug-likeness (QED) is 0.767. The molecule has 0 saturated heterocycles. The lowest BCUT2D eigenvalue weighted by Gasteiger charge is -2.19. The highest BCUT2D eigenvalue weighted by Crippen LogP contribution is 2.24. The molecule has 0 radical (unpaired) electrons. The van der Waals surface area contributed by atoms with Crippen molar-refractivity contribution in [1.82, 2.24) is 0 Å². The van der Waals surface area contributed by atoms with Crippen molar-refractivity contribution >= 4 is 17.9 Å². The zero-order valence-corrected chi connectivity index (χ0v) is 14.3. The van der Waals surface area contributed by atoms with Crippen LogP contribution in [0.1, 0.15) is 49.0 Å². The molecule has 4 heteroatoms. The number of hydrogen-bond acceptors (Lipinski definition) is 3. The molecule has 1 amide bonds. The smallest absolute Gasteiger partial charge is 0.265 e. The zero-order valence-electron chi connectivity index (χ0n) is 14.3. The lowest BCUT2D eigenvalue weighted by molar-refractivity contribution is -0.122. The highest BCUT2D eigenvalue weighted by Gasteiger charge is 2.20. The number of hydrogen-bond donors (Lipinski definition) is 1. The van der Waals surface area contributed by atoms with Gasteiger partial charge in [-0.2, -0.15) is 0 Å². The maximum absolute atomic E-state index is 12.6. The summed E-state index contributed by atoms with van der Waals surface area (Å²) in [5.41, 5.74) is 2.48. The van der Waals surface area contributed by atoms with Crippen LogP contribution in [0.15, 0.2) is 48.5 Å². The molecule has 1 atom stereocenters. The summed E-state index contributed by atoms with van der Waals surface area (Å²) in [5.74, 6) is 0.711. The third-order valence-electron chi connectivity index (χ3n) is 3.80. The first-order chi connectivity index (χ1) is 11.5. The highest BCUT2D eigenvalue weighted by atomic mass is 16.5. The number of anilines is 1. The Kier molecular flexibility index (Phi) is 6.13. The molecule has 0 aliphatic heterocycles. The summed E-state index contributed by atoms with van der Waals surface area (Å²) in [6.45, 7) is 6.08. The van der Waals surface area contributed by atoms with Crippen LogP contribution >= 0.6 is 0 Å². The van der Waals surface area contributed by atoms with E-state index in [0.717, 1.165) is 17.5 Å². The number of benzene rings is 2. The Morgan fingerprint density at radius 3 is 2.38 bits per heavy atom. The molecule has 0 aliphatic rings. The molecule has 24 heavy (non-hydrogen) atoms. The number of carbonyl (C=O) groups is 2. The predicted octanol–water partition coefficient (Wildman–Crippen LogP) is 4.42. The van der Waals surface area contributed by atoms with Crippen LogP contribution in [0.5, 0.6) is 5.75 Å². The van der Waals surface area contributed by atoms with Crippen LogP contribution in [0.3, 0.4) is 0 Å². The molecular formula is C20H23NO3. The third-order valence-corrected chi connectivity index (χ3v) is 3.80. The number of ether oxygens (including phenoxy) is 1. The summed E-state index contributed by atoms with van der Waals surface area (Å²) < 4.78 is 5.77. The topological polar surface area (TPSA) is 55.4 Å². The van der Waals surface area contributed by atoms with Gasteiger partial charge in [0.05, 0.1) is 0 Å². The number of nitrogens with one attached hydrogen (secondary N) is 1. The lowest BCUT2D eigenvalue weighted by Crippen LogP contribution is -2.32. The minimum Gasteiger partial charge on any atom is -0.481 e. The molecule has 0 aromatic heterocycles. The van der Waals surface area contributed by atoms with Gasteiger partial charge in [0.25, 0.3) is 5.91 Å². The molecule has 2 rings (SSSR count). The average Bonchev–Trinajstić information content (AvgIpc) is 2.60. The minimum absolute atomic E-state index is 0.176. The molecular weight excluding hydrogens is 302 g/mol. The molecule has 2 aromatic rings. The molecule has 0 heterocycles. The van der Waals surface area contributed by atoms with Gasteiger partial charge in [0, 0.05) is 11.3 Å². The van der Waals surface area contributed by atoms with E-state index in [1.54, 1.807) is 24.3 Å². The fourth-order valence-corrected chi connectivity index (χ4v) is 2.44. The van der Waals surface area contributed by atoms with Crippen LogP contribution in [0.2, 0.25) is 0 Å². The van der Waals surface area contributed by atoms with E-state index in [-0.39, 0.29) is 5.91 Å². The molecule has 0 aliphatic carbocycles. The minimum atomic E-state index is -0.590. The van der Waals surface area contributed by atoms with Gasteiger partial charge in [0.1, 0.15) is 12.0 Å². The number of amides is 1. The molecule has 1 unspecified atom stereocenters. The maximum atomic E-state index is 12.6. The summed E-state index contributed by atoms with van der Waals surface area (Å²) in [7, 11) is 0. The van der Waals surface area contributed by atoms with Crippen molar-refractivity contribution in [3.63, 3.8) is 0 Å². The van der Waals surface area contributed by atoms with Gasteiger partial charge in [0.15, 0.2) is 6.10 Å². The second kappa shape index (κ2) is 8.29. The molecule has 4 nitrogen and oxygen atoms in total. The van der Waals surface area contributed by atoms with E-state index in [1.165, 1.54) is 0 Å². The van der Waals surface area contributed by atoms with Crippen LogP contribution in [-0.4, -0.2) is 18.3 Å². The van der Waals surface area contributed by atoms with Gasteiger partial charge >= 0.3 is 0 Å². The van der Waals surface area contributed by atoms with Crippen LogP contribution < -0.4 is 10.1 Å². The van der Waals surface area contributed by atoms with E-state index >= 15 is 0 Å². The van der Waals surface area contributed by atoms with E-state index in [2.05, 4.69) is 19.2 Å². The number of carbonyl (C=O) groups excluding carboxylic acids is 2. The molecule has 0 spiro atoms. The standard InChI is InChI=1S/C20H23NO3/c1-4-19(24-16-11-9-15(13-22)10-12-16)20(23)21-18-8-6-5-7-17(18)14(2)3/h5-14,19H,4H2,1-3H3,(H,21,23). The van der Waals surface area contributed by atoms with Gasteiger partial charge in [-0.15, -0.1) is 0 Å². The summed E-state index contributed by atoms with van der Waals surface area (Å²) >= 11 is 0. The second-order valence-corrected chi connectivity index (χ2v) is 5.93. The molecule has 0 saturated carbocycles. The molecule has 0 bridgehead atoms. The zero-order chi connectivity index (χ0) is 17.5. The largest absolute Gasteiger partial charge is 0.481 e. The van der Waals surface area contributed by atoms with E-state index in [9.17, 15) is 9.59 Å². The maximum Gasteiger partial charge on any atom is 0.265 e. The van der Waals surface area contributed by atoms with E-state index < -0.39 is 6.10 Å². The summed E-state index contributed by atoms with van der Waals surface area (Å²) in [5, 5.41) is 2.97. The monoisotopic (exact) mass is 325 g/mol. The number of para-hydroxylation sites is 1. The first-order valence-electron chi connectivity index (χ1n) is 8.16. The molecule has 126 valence electrons. The fourth-order valence-electron chi connectivity index (χ4n) is 2.44. The Labute approximate surface area is 142 Å². The van der Waals surface area contributed by atoms with Crippen molar-refractivity contribution in [2.75, 3.05) is 5.32 Å². The average molecular weight is 325 g/mol. The lowest BCUT2D eigenvalue weighted by atomic mass is 10.0. The molecule has 0 fully saturated rings. The van der Waals surface area contributed by atoms with Gasteiger partial charge < -0.3 is 10.1 Å². The summed E-state index contributed by atoms with van der Waals surface area (Å²) in [6, 6.07) is 14.5. The second-order valence-electron chi connectivity index (χ2n) is 5.93. The SMILES string of the molecule is CCC(Oc1ccc(C=O)cc1)C(=O)Nc1ccccc1C(C)C. The Bertz CT molecular complexity index is 692. The summed E-state index contributed by atoms with van der Waals surface area (Å²) in [6.07, 6.45) is 0.731. The fraction of sp³-hybridized carbons (Fsp3) is 0.300. The van der Waals surface area contributed by atoms with E-state index in [1.807, 2.05) is 31.2 Å². The normalized spacial score (nSPS) is 11.8. The Morgan fingerprint density at radius 1 is 1.12 bits per heavy atom. The Hall–Kier alpha value is -2.62. The Balaban J connectivity index is 2.10. The molecule has 2 aromatic carbocycles. The number of rotatable bonds is 7. The van der Waals surface area contributed by atoms with Crippen LogP contribution in [-0.2, 0) is 4.79 Å². The van der Waals surface area contributed by atoms with E-state index in [4.69, 9.17) is 4.74 Å². The van der Waals surface area contributed by atoms with Crippen LogP contribution in [0.4, 0.5) is 5.69 Å². The van der Waals surface area contributed by atoms with Crippen LogP contribution in [0, 0.1) is 0 Å². The van der Waals surface area contributed by atoms with Crippen molar-refractivity contribution < 1.29 is 14.3 Å². The van der Waals surface area contributed by atoms with Gasteiger partial charge in [-0.05, 0) is 48.2 Å². The third kappa shape index (κ3) is 4.44. The van der Waals surface area contributed by atoms with Crippen molar-refractivity contribution in [3.05, 3.63) is 59.7 Å². The first-order valence-corrected chi connectivity index (χ1v) is 8.16. The van der Waals surface area contributed by atoms with Crippen molar-refractivity contribution in [2.24, 2.45) is 0 Å². The molecule has 1 N–H and O–H groups in total. The first kappa shape index (κ1) is 17.7. The highest BCUT2D eigenvalue weighted by molar-refractivity contribution is 5.95. The van der Waals surface area contributed by atoms with Gasteiger partial charge in [-0.1, -0.05) is 39.0 Å². The van der Waals surface area contributed by atoms with Crippen molar-refractivity contribution in [1.29, 1.82) is 0 Å². The van der Waals surface area contributed by atoms with Gasteiger partial charge in [-0.3, -0.25) is 9.59 Å². The number of aldehydes is 1. The van der Waals surface area contributed by atoms with Crippen molar-refractivity contribution in [2.45, 2.75) is 39.2 Å². The Morgan fingerprint density at radius 2 is 1.79 bits per heavy atom. The van der Waals surface area contributed by atoms with Gasteiger partial charge in [0.2, 0.25) is 0 Å². The van der Waals surface area contributed by atoms with Gasteiger partial charge in [-0.25, -0.2) is 0 Å². The predicted molar refractivity (Wildman–Crippen MR) is 95.7 cm³/mol. The summed E-state index contributed by atoms with van der Waals surface area (Å²) in [4.78, 5) is 23.2.